The van der Waals surface area contributed by atoms with Crippen LogP contribution in [0.1, 0.15) is 31.7 Å². The van der Waals surface area contributed by atoms with Crippen LogP contribution in [0.25, 0.3) is 0 Å². The molecule has 2 rings (SSSR count). The van der Waals surface area contributed by atoms with Crippen LogP contribution in [0.3, 0.4) is 0 Å². The van der Waals surface area contributed by atoms with E-state index in [2.05, 4.69) is 23.3 Å². The van der Waals surface area contributed by atoms with Gasteiger partial charge in [0.2, 0.25) is 0 Å². The number of hydrogen-bond donors (Lipinski definition) is 1. The Balaban J connectivity index is 1.87. The van der Waals surface area contributed by atoms with E-state index in [1.54, 1.807) is 11.3 Å². The summed E-state index contributed by atoms with van der Waals surface area (Å²) in [6, 6.07) is 2.44. The molecule has 2 heterocycles. The Kier molecular flexibility index (Phi) is 5.49. The summed E-state index contributed by atoms with van der Waals surface area (Å²) in [6.07, 6.45) is 4.82. The van der Waals surface area contributed by atoms with E-state index in [4.69, 9.17) is 17.3 Å². The van der Waals surface area contributed by atoms with Crippen molar-refractivity contribution in [3.05, 3.63) is 21.3 Å². The minimum atomic E-state index is 0.342. The molecule has 2 unspecified atom stereocenters. The molecule has 0 bridgehead atoms. The van der Waals surface area contributed by atoms with Gasteiger partial charge >= 0.3 is 0 Å². The molecule has 0 aromatic carbocycles. The first kappa shape index (κ1) is 14.3. The molecule has 102 valence electrons. The van der Waals surface area contributed by atoms with Crippen LogP contribution in [0.5, 0.6) is 0 Å². The van der Waals surface area contributed by atoms with Crippen molar-refractivity contribution in [2.24, 2.45) is 11.7 Å². The third-order valence-electron chi connectivity index (χ3n) is 3.62. The van der Waals surface area contributed by atoms with E-state index in [9.17, 15) is 0 Å². The van der Waals surface area contributed by atoms with Crippen molar-refractivity contribution in [2.45, 2.75) is 38.6 Å². The first-order valence-corrected chi connectivity index (χ1v) is 8.14. The third-order valence-corrected chi connectivity index (χ3v) is 4.76. The molecule has 0 radical (unpaired) electrons. The van der Waals surface area contributed by atoms with E-state index in [-0.39, 0.29) is 0 Å². The summed E-state index contributed by atoms with van der Waals surface area (Å²) >= 11 is 7.62. The van der Waals surface area contributed by atoms with Gasteiger partial charge in [0.05, 0.1) is 4.34 Å². The van der Waals surface area contributed by atoms with Crippen LogP contribution in [0, 0.1) is 5.92 Å². The number of halogens is 1. The highest BCUT2D eigenvalue weighted by Gasteiger charge is 2.24. The molecule has 1 aromatic heterocycles. The lowest BCUT2D eigenvalue weighted by molar-refractivity contribution is 0.154. The van der Waals surface area contributed by atoms with E-state index in [0.29, 0.717) is 12.0 Å². The molecule has 1 aliphatic rings. The topological polar surface area (TPSA) is 29.3 Å². The smallest absolute Gasteiger partial charge is 0.0931 e. The Morgan fingerprint density at radius 1 is 1.50 bits per heavy atom. The molecule has 1 saturated heterocycles. The molecule has 2 atom stereocenters. The van der Waals surface area contributed by atoms with Gasteiger partial charge in [-0.15, -0.1) is 11.3 Å². The van der Waals surface area contributed by atoms with Crippen LogP contribution in [0.2, 0.25) is 4.34 Å². The van der Waals surface area contributed by atoms with Gasteiger partial charge in [-0.1, -0.05) is 24.9 Å². The maximum atomic E-state index is 6.18. The van der Waals surface area contributed by atoms with Gasteiger partial charge in [-0.3, -0.25) is 0 Å². The molecule has 1 aromatic rings. The van der Waals surface area contributed by atoms with Gasteiger partial charge in [-0.25, -0.2) is 0 Å². The molecule has 1 fully saturated rings. The van der Waals surface area contributed by atoms with Gasteiger partial charge in [0.15, 0.2) is 0 Å². The van der Waals surface area contributed by atoms with Crippen molar-refractivity contribution in [3.63, 3.8) is 0 Å². The molecular formula is C14H23ClN2S. The fraction of sp³-hybridized carbons (Fsp3) is 0.714. The average molecular weight is 287 g/mol. The molecular weight excluding hydrogens is 264 g/mol. The summed E-state index contributed by atoms with van der Waals surface area (Å²) in [5.41, 5.74) is 7.56. The number of nitrogens with two attached hydrogens (primary N) is 1. The zero-order valence-corrected chi connectivity index (χ0v) is 12.6. The number of nitrogens with zero attached hydrogens (tertiary/aromatic N) is 1. The second kappa shape index (κ2) is 6.90. The largest absolute Gasteiger partial charge is 0.327 e. The number of hydrogen-bond acceptors (Lipinski definition) is 3. The van der Waals surface area contributed by atoms with Crippen molar-refractivity contribution in [1.29, 1.82) is 0 Å². The Morgan fingerprint density at radius 3 is 3.00 bits per heavy atom. The Hall–Kier alpha value is -0.0900. The number of rotatable bonds is 5. The Bertz CT molecular complexity index is 366. The maximum absolute atomic E-state index is 6.18. The maximum Gasteiger partial charge on any atom is 0.0931 e. The zero-order valence-electron chi connectivity index (χ0n) is 11.1. The predicted molar refractivity (Wildman–Crippen MR) is 80.5 cm³/mol. The normalized spacial score (nSPS) is 25.5. The summed E-state index contributed by atoms with van der Waals surface area (Å²) < 4.78 is 0.896. The second-order valence-electron chi connectivity index (χ2n) is 5.44. The van der Waals surface area contributed by atoms with E-state index in [1.165, 1.54) is 31.5 Å². The van der Waals surface area contributed by atoms with Gasteiger partial charge in [0.1, 0.15) is 0 Å². The van der Waals surface area contributed by atoms with E-state index < -0.39 is 0 Å². The van der Waals surface area contributed by atoms with Crippen LogP contribution in [-0.4, -0.2) is 30.6 Å². The van der Waals surface area contributed by atoms with Crippen LogP contribution >= 0.6 is 22.9 Å². The lowest BCUT2D eigenvalue weighted by Gasteiger charge is -2.36. The number of thiophene rings is 1. The summed E-state index contributed by atoms with van der Waals surface area (Å²) in [5.74, 6) is 0.691. The highest BCUT2D eigenvalue weighted by Crippen LogP contribution is 2.25. The summed E-state index contributed by atoms with van der Waals surface area (Å²) in [6.45, 7) is 5.71. The quantitative estimate of drug-likeness (QED) is 0.899. The lowest BCUT2D eigenvalue weighted by Crippen LogP contribution is -2.47. The van der Waals surface area contributed by atoms with E-state index in [0.717, 1.165) is 23.7 Å². The highest BCUT2D eigenvalue weighted by molar-refractivity contribution is 7.14. The van der Waals surface area contributed by atoms with Crippen molar-refractivity contribution < 1.29 is 0 Å². The predicted octanol–water partition coefficient (Wildman–Crippen LogP) is 3.39. The minimum Gasteiger partial charge on any atom is -0.327 e. The molecule has 18 heavy (non-hydrogen) atoms. The molecule has 2 N–H and O–H groups in total. The molecule has 2 nitrogen and oxygen atoms in total. The minimum absolute atomic E-state index is 0.342. The van der Waals surface area contributed by atoms with E-state index >= 15 is 0 Å². The highest BCUT2D eigenvalue weighted by atomic mass is 35.5. The van der Waals surface area contributed by atoms with Gasteiger partial charge in [0, 0.05) is 19.1 Å². The zero-order chi connectivity index (χ0) is 13.0. The first-order chi connectivity index (χ1) is 8.67. The number of piperidine rings is 1. The van der Waals surface area contributed by atoms with Crippen LogP contribution in [0.4, 0.5) is 0 Å². The lowest BCUT2D eigenvalue weighted by atomic mass is 9.90. The van der Waals surface area contributed by atoms with Gasteiger partial charge < -0.3 is 10.6 Å². The molecule has 0 amide bonds. The molecule has 0 aliphatic carbocycles. The number of unbranched alkanes of at least 4 members (excludes halogenated alkanes) is 1. The molecule has 1 aliphatic heterocycles. The average Bonchev–Trinajstić information content (AvgIpc) is 2.71. The SMILES string of the molecule is CCCCN1CC(N)CC(Cc2csc(Cl)c2)C1. The fourth-order valence-corrected chi connectivity index (χ4v) is 3.77. The third kappa shape index (κ3) is 4.23. The molecule has 0 saturated carbocycles. The molecule has 4 heteroatoms. The van der Waals surface area contributed by atoms with Crippen molar-refractivity contribution in [2.75, 3.05) is 19.6 Å². The van der Waals surface area contributed by atoms with Gasteiger partial charge in [0.25, 0.3) is 0 Å². The standard InChI is InChI=1S/C14H23ClN2S/c1-2-3-4-17-8-11(6-13(16)9-17)5-12-7-14(15)18-10-12/h7,10-11,13H,2-6,8-9,16H2,1H3. The first-order valence-electron chi connectivity index (χ1n) is 6.88. The van der Waals surface area contributed by atoms with Crippen molar-refractivity contribution in [3.8, 4) is 0 Å². The van der Waals surface area contributed by atoms with Crippen molar-refractivity contribution >= 4 is 22.9 Å². The second-order valence-corrected chi connectivity index (χ2v) is 6.98. The number of likely N-dealkylation sites (tertiary alicyclic amines) is 1. The Labute approximate surface area is 119 Å². The van der Waals surface area contributed by atoms with Crippen LogP contribution < -0.4 is 5.73 Å². The fourth-order valence-electron chi connectivity index (χ4n) is 2.85. The van der Waals surface area contributed by atoms with Crippen LogP contribution in [0.15, 0.2) is 11.4 Å². The Morgan fingerprint density at radius 2 is 2.33 bits per heavy atom. The summed E-state index contributed by atoms with van der Waals surface area (Å²) in [5, 5.41) is 2.18. The van der Waals surface area contributed by atoms with Gasteiger partial charge in [-0.2, -0.15) is 0 Å². The van der Waals surface area contributed by atoms with Crippen molar-refractivity contribution in [1.82, 2.24) is 4.90 Å². The summed E-state index contributed by atoms with van der Waals surface area (Å²) in [7, 11) is 0. The van der Waals surface area contributed by atoms with Crippen LogP contribution in [-0.2, 0) is 6.42 Å². The molecule has 0 spiro atoms. The summed E-state index contributed by atoms with van der Waals surface area (Å²) in [4.78, 5) is 2.54. The monoisotopic (exact) mass is 286 g/mol. The van der Waals surface area contributed by atoms with Gasteiger partial charge in [-0.05, 0) is 48.7 Å². The van der Waals surface area contributed by atoms with E-state index in [1.807, 2.05) is 0 Å².